The average Bonchev–Trinajstić information content (AvgIpc) is 2.94. The van der Waals surface area contributed by atoms with Gasteiger partial charge in [-0.15, -0.1) is 5.10 Å². The minimum absolute atomic E-state index is 0.110. The molecule has 28 heavy (non-hydrogen) atoms. The molecule has 0 saturated carbocycles. The molecule has 1 aliphatic heterocycles. The number of rotatable bonds is 3. The van der Waals surface area contributed by atoms with E-state index in [1.54, 1.807) is 20.8 Å². The normalized spacial score (nSPS) is 17.3. The first-order valence-electron chi connectivity index (χ1n) is 8.56. The van der Waals surface area contributed by atoms with Crippen molar-refractivity contribution in [1.82, 2.24) is 15.1 Å². The highest BCUT2D eigenvalue weighted by Crippen LogP contribution is 2.29. The highest BCUT2D eigenvalue weighted by molar-refractivity contribution is 6.03. The van der Waals surface area contributed by atoms with Gasteiger partial charge in [-0.25, -0.2) is 4.79 Å². The Hall–Kier alpha value is -3.50. The van der Waals surface area contributed by atoms with E-state index in [2.05, 4.69) is 15.7 Å². The molecule has 0 radical (unpaired) electrons. The van der Waals surface area contributed by atoms with E-state index in [-0.39, 0.29) is 41.2 Å². The minimum Gasteiger partial charge on any atom is -0.442 e. The number of nitrogens with one attached hydrogen (secondary N) is 2. The van der Waals surface area contributed by atoms with E-state index in [0.29, 0.717) is 0 Å². The number of nitrogens with zero attached hydrogens (tertiary/aromatic N) is 3. The van der Waals surface area contributed by atoms with Gasteiger partial charge in [-0.3, -0.25) is 25.0 Å². The first-order chi connectivity index (χ1) is 13.0. The fourth-order valence-electron chi connectivity index (χ4n) is 2.77. The Bertz CT molecular complexity index is 990. The Balaban J connectivity index is 2.03. The van der Waals surface area contributed by atoms with Crippen molar-refractivity contribution in [3.8, 4) is 0 Å². The predicted molar refractivity (Wildman–Crippen MR) is 97.8 cm³/mol. The molecule has 2 aromatic rings. The molecular formula is C17H19N5O6. The molecule has 0 bridgehead atoms. The van der Waals surface area contributed by atoms with E-state index in [1.807, 2.05) is 0 Å². The van der Waals surface area contributed by atoms with Gasteiger partial charge in [0.2, 0.25) is 11.8 Å². The Morgan fingerprint density at radius 1 is 1.39 bits per heavy atom. The molecular weight excluding hydrogens is 370 g/mol. The van der Waals surface area contributed by atoms with Crippen molar-refractivity contribution in [3.05, 3.63) is 28.3 Å². The molecule has 1 unspecified atom stereocenters. The molecule has 2 heterocycles. The van der Waals surface area contributed by atoms with Crippen LogP contribution in [0.2, 0.25) is 0 Å². The lowest BCUT2D eigenvalue weighted by Crippen LogP contribution is -2.47. The summed E-state index contributed by atoms with van der Waals surface area (Å²) in [6.45, 7) is 5.10. The number of carbonyl (C=O) groups is 3. The van der Waals surface area contributed by atoms with Crippen LogP contribution >= 0.6 is 0 Å². The number of aromatic nitrogens is 2. The third-order valence-corrected chi connectivity index (χ3v) is 3.99. The monoisotopic (exact) mass is 389 g/mol. The summed E-state index contributed by atoms with van der Waals surface area (Å²) in [5.41, 5.74) is -0.676. The van der Waals surface area contributed by atoms with Crippen LogP contribution in [0.4, 0.5) is 16.3 Å². The maximum Gasteiger partial charge on any atom is 0.435 e. The lowest BCUT2D eigenvalue weighted by molar-refractivity contribution is -0.384. The van der Waals surface area contributed by atoms with E-state index >= 15 is 0 Å². The van der Waals surface area contributed by atoms with Crippen molar-refractivity contribution in [2.24, 2.45) is 0 Å². The topological polar surface area (TPSA) is 145 Å². The fraction of sp³-hybridized carbons (Fsp3) is 0.412. The number of ether oxygens (including phenoxy) is 1. The van der Waals surface area contributed by atoms with Crippen molar-refractivity contribution >= 4 is 40.3 Å². The van der Waals surface area contributed by atoms with Gasteiger partial charge < -0.3 is 10.1 Å². The van der Waals surface area contributed by atoms with Gasteiger partial charge in [0, 0.05) is 18.6 Å². The summed E-state index contributed by atoms with van der Waals surface area (Å²) in [5.74, 6) is -0.788. The highest BCUT2D eigenvalue weighted by atomic mass is 16.6. The van der Waals surface area contributed by atoms with Gasteiger partial charge in [0.15, 0.2) is 5.82 Å². The van der Waals surface area contributed by atoms with Crippen LogP contribution in [0.25, 0.3) is 10.9 Å². The standard InChI is InChI=1S/C17H19N5O6/c1-17(2,3)28-16(25)21-12-6-4-9(22(26)27)8-10(12)14(20-21)18-11-5-7-13(23)19-15(11)24/h4,6,8,11H,5,7H2,1-3H3,(H,18,20)(H,19,23,24). The summed E-state index contributed by atoms with van der Waals surface area (Å²) in [6.07, 6.45) is -0.378. The van der Waals surface area contributed by atoms with Crippen molar-refractivity contribution in [2.75, 3.05) is 5.32 Å². The summed E-state index contributed by atoms with van der Waals surface area (Å²) < 4.78 is 6.31. The van der Waals surface area contributed by atoms with Gasteiger partial charge >= 0.3 is 6.09 Å². The Labute approximate surface area is 159 Å². The van der Waals surface area contributed by atoms with Crippen LogP contribution in [-0.2, 0) is 14.3 Å². The third kappa shape index (κ3) is 3.92. The van der Waals surface area contributed by atoms with Gasteiger partial charge in [0.1, 0.15) is 11.6 Å². The summed E-state index contributed by atoms with van der Waals surface area (Å²) in [7, 11) is 0. The molecule has 1 aromatic heterocycles. The van der Waals surface area contributed by atoms with E-state index in [4.69, 9.17) is 4.74 Å². The third-order valence-electron chi connectivity index (χ3n) is 3.99. The van der Waals surface area contributed by atoms with E-state index in [1.165, 1.54) is 18.2 Å². The zero-order valence-corrected chi connectivity index (χ0v) is 15.5. The van der Waals surface area contributed by atoms with Crippen LogP contribution in [0.15, 0.2) is 18.2 Å². The zero-order valence-electron chi connectivity index (χ0n) is 15.5. The lowest BCUT2D eigenvalue weighted by atomic mass is 10.1. The predicted octanol–water partition coefficient (Wildman–Crippen LogP) is 1.94. The number of nitro benzene ring substituents is 1. The second kappa shape index (κ2) is 6.91. The van der Waals surface area contributed by atoms with Crippen LogP contribution < -0.4 is 10.6 Å². The number of hydrogen-bond acceptors (Lipinski definition) is 8. The summed E-state index contributed by atoms with van der Waals surface area (Å²) >= 11 is 0. The molecule has 1 aliphatic rings. The van der Waals surface area contributed by atoms with Crippen LogP contribution in [0, 0.1) is 10.1 Å². The number of piperidine rings is 1. The average molecular weight is 389 g/mol. The first kappa shape index (κ1) is 19.3. The number of imide groups is 1. The molecule has 0 aliphatic carbocycles. The maximum atomic E-state index is 12.5. The van der Waals surface area contributed by atoms with Gasteiger partial charge in [0.05, 0.1) is 15.8 Å². The van der Waals surface area contributed by atoms with Gasteiger partial charge in [0.25, 0.3) is 5.69 Å². The summed E-state index contributed by atoms with van der Waals surface area (Å²) in [6, 6.07) is 3.14. The number of amides is 2. The molecule has 0 spiro atoms. The molecule has 11 heteroatoms. The molecule has 11 nitrogen and oxygen atoms in total. The smallest absolute Gasteiger partial charge is 0.435 e. The van der Waals surface area contributed by atoms with Crippen LogP contribution in [-0.4, -0.2) is 44.3 Å². The van der Waals surface area contributed by atoms with Crippen molar-refractivity contribution < 1.29 is 24.0 Å². The Morgan fingerprint density at radius 2 is 2.11 bits per heavy atom. The largest absolute Gasteiger partial charge is 0.442 e. The van der Waals surface area contributed by atoms with Crippen molar-refractivity contribution in [2.45, 2.75) is 45.3 Å². The van der Waals surface area contributed by atoms with Gasteiger partial charge in [-0.2, -0.15) is 4.68 Å². The van der Waals surface area contributed by atoms with Crippen LogP contribution in [0.3, 0.4) is 0 Å². The Kier molecular flexibility index (Phi) is 4.75. The van der Waals surface area contributed by atoms with Gasteiger partial charge in [-0.1, -0.05) is 0 Å². The quantitative estimate of drug-likeness (QED) is 0.460. The number of fused-ring (bicyclic) bond motifs is 1. The number of carbonyl (C=O) groups excluding carboxylic acids is 3. The molecule has 1 atom stereocenters. The number of non-ortho nitro benzene ring substituents is 1. The second-order valence-corrected chi connectivity index (χ2v) is 7.35. The molecule has 3 rings (SSSR count). The Morgan fingerprint density at radius 3 is 2.71 bits per heavy atom. The van der Waals surface area contributed by atoms with Crippen LogP contribution in [0.5, 0.6) is 0 Å². The number of nitro groups is 1. The number of benzene rings is 1. The lowest BCUT2D eigenvalue weighted by Gasteiger charge is -2.21. The van der Waals surface area contributed by atoms with Crippen LogP contribution in [0.1, 0.15) is 33.6 Å². The number of hydrogen-bond donors (Lipinski definition) is 2. The summed E-state index contributed by atoms with van der Waals surface area (Å²) in [5, 5.41) is 20.7. The molecule has 148 valence electrons. The van der Waals surface area contributed by atoms with E-state index in [9.17, 15) is 24.5 Å². The van der Waals surface area contributed by atoms with E-state index < -0.39 is 28.6 Å². The van der Waals surface area contributed by atoms with E-state index in [0.717, 1.165) is 4.68 Å². The van der Waals surface area contributed by atoms with Crippen molar-refractivity contribution in [3.63, 3.8) is 0 Å². The molecule has 1 fully saturated rings. The second-order valence-electron chi connectivity index (χ2n) is 7.35. The highest BCUT2D eigenvalue weighted by Gasteiger charge is 2.29. The molecule has 1 saturated heterocycles. The molecule has 2 N–H and O–H groups in total. The number of anilines is 1. The minimum atomic E-state index is -0.770. The molecule has 1 aromatic carbocycles. The van der Waals surface area contributed by atoms with Gasteiger partial charge in [-0.05, 0) is 33.3 Å². The first-order valence-corrected chi connectivity index (χ1v) is 8.56. The maximum absolute atomic E-state index is 12.5. The zero-order chi connectivity index (χ0) is 20.6. The summed E-state index contributed by atoms with van der Waals surface area (Å²) in [4.78, 5) is 46.4. The van der Waals surface area contributed by atoms with Crippen molar-refractivity contribution in [1.29, 1.82) is 0 Å². The SMILES string of the molecule is CC(C)(C)OC(=O)n1nc(NC2CCC(=O)NC2=O)c2cc([N+](=O)[O-])ccc21. The molecule has 2 amide bonds. The fourth-order valence-corrected chi connectivity index (χ4v) is 2.77.